The molecular weight excluding hydrogens is 382 g/mol. The molecule has 0 spiro atoms. The summed E-state index contributed by atoms with van der Waals surface area (Å²) in [6.45, 7) is 4.07. The van der Waals surface area contributed by atoms with E-state index in [1.165, 1.54) is 0 Å². The van der Waals surface area contributed by atoms with E-state index < -0.39 is 0 Å². The second kappa shape index (κ2) is 7.58. The van der Waals surface area contributed by atoms with Crippen molar-refractivity contribution in [3.63, 3.8) is 0 Å². The number of para-hydroxylation sites is 1. The molecule has 1 amide bonds. The minimum atomic E-state index is -0.272. The normalized spacial score (nSPS) is 11.2. The molecule has 0 aliphatic rings. The number of hydrogen-bond donors (Lipinski definition) is 1. The summed E-state index contributed by atoms with van der Waals surface area (Å²) in [5.74, 6) is 1.26. The van der Waals surface area contributed by atoms with Gasteiger partial charge in [-0.1, -0.05) is 35.1 Å². The zero-order valence-corrected chi connectivity index (χ0v) is 16.4. The molecule has 0 aliphatic heterocycles. The highest BCUT2D eigenvalue weighted by Crippen LogP contribution is 2.33. The molecule has 0 radical (unpaired) electrons. The SMILES string of the molecule is Cc1cc(CNC(=O)c2oc3ccccc3c2CSc2nc(C)cs2)on1. The second-order valence-corrected chi connectivity index (χ2v) is 8.15. The van der Waals surface area contributed by atoms with E-state index >= 15 is 0 Å². The third kappa shape index (κ3) is 3.91. The third-order valence-electron chi connectivity index (χ3n) is 3.94. The van der Waals surface area contributed by atoms with Gasteiger partial charge in [-0.2, -0.15) is 0 Å². The number of carbonyl (C=O) groups excluding carboxylic acids is 1. The Hall–Kier alpha value is -2.58. The summed E-state index contributed by atoms with van der Waals surface area (Å²) in [7, 11) is 0. The Morgan fingerprint density at radius 1 is 1.26 bits per heavy atom. The van der Waals surface area contributed by atoms with Gasteiger partial charge in [-0.25, -0.2) is 4.98 Å². The number of nitrogens with zero attached hydrogens (tertiary/aromatic N) is 2. The van der Waals surface area contributed by atoms with E-state index in [4.69, 9.17) is 8.94 Å². The first kappa shape index (κ1) is 17.8. The topological polar surface area (TPSA) is 81.2 Å². The lowest BCUT2D eigenvalue weighted by Crippen LogP contribution is -2.23. The number of aromatic nitrogens is 2. The van der Waals surface area contributed by atoms with Crippen molar-refractivity contribution in [2.45, 2.75) is 30.5 Å². The van der Waals surface area contributed by atoms with Crippen molar-refractivity contribution in [2.75, 3.05) is 0 Å². The number of amides is 1. The van der Waals surface area contributed by atoms with Gasteiger partial charge in [-0.15, -0.1) is 11.3 Å². The van der Waals surface area contributed by atoms with Gasteiger partial charge in [0.25, 0.3) is 5.91 Å². The van der Waals surface area contributed by atoms with Crippen molar-refractivity contribution in [3.05, 3.63) is 64.2 Å². The average Bonchev–Trinajstić information content (AvgIpc) is 3.36. The van der Waals surface area contributed by atoms with Gasteiger partial charge in [0.1, 0.15) is 9.92 Å². The molecule has 0 saturated heterocycles. The van der Waals surface area contributed by atoms with Crippen molar-refractivity contribution >= 4 is 40.0 Å². The van der Waals surface area contributed by atoms with E-state index in [0.29, 0.717) is 22.9 Å². The van der Waals surface area contributed by atoms with Gasteiger partial charge in [0.05, 0.1) is 12.2 Å². The molecule has 0 unspecified atom stereocenters. The number of fused-ring (bicyclic) bond motifs is 1. The van der Waals surface area contributed by atoms with Crippen molar-refractivity contribution in [1.29, 1.82) is 0 Å². The smallest absolute Gasteiger partial charge is 0.287 e. The standard InChI is InChI=1S/C19H17N3O3S2/c1-11-7-13(25-22-11)8-20-18(23)17-15(10-27-19-21-12(2)9-26-19)14-5-3-4-6-16(14)24-17/h3-7,9H,8,10H2,1-2H3,(H,20,23). The zero-order chi connectivity index (χ0) is 18.8. The number of furan rings is 1. The van der Waals surface area contributed by atoms with Crippen LogP contribution < -0.4 is 5.32 Å². The van der Waals surface area contributed by atoms with E-state index in [-0.39, 0.29) is 12.5 Å². The van der Waals surface area contributed by atoms with Crippen LogP contribution in [0.5, 0.6) is 0 Å². The van der Waals surface area contributed by atoms with Crippen LogP contribution in [0.3, 0.4) is 0 Å². The van der Waals surface area contributed by atoms with Crippen LogP contribution in [-0.2, 0) is 12.3 Å². The molecule has 3 heterocycles. The van der Waals surface area contributed by atoms with Crippen LogP contribution in [0.25, 0.3) is 11.0 Å². The molecular formula is C19H17N3O3S2. The summed E-state index contributed by atoms with van der Waals surface area (Å²) in [5.41, 5.74) is 3.34. The Labute approximate surface area is 164 Å². The molecule has 1 aromatic carbocycles. The van der Waals surface area contributed by atoms with Gasteiger partial charge in [0.15, 0.2) is 11.5 Å². The molecule has 8 heteroatoms. The van der Waals surface area contributed by atoms with Crippen LogP contribution in [0.2, 0.25) is 0 Å². The number of benzene rings is 1. The molecule has 138 valence electrons. The van der Waals surface area contributed by atoms with Gasteiger partial charge < -0.3 is 14.3 Å². The Morgan fingerprint density at radius 2 is 2.11 bits per heavy atom. The molecule has 4 rings (SSSR count). The molecule has 27 heavy (non-hydrogen) atoms. The molecule has 0 atom stereocenters. The number of hydrogen-bond acceptors (Lipinski definition) is 7. The van der Waals surface area contributed by atoms with E-state index in [2.05, 4.69) is 15.5 Å². The third-order valence-corrected chi connectivity index (χ3v) is 6.11. The van der Waals surface area contributed by atoms with E-state index in [1.54, 1.807) is 29.2 Å². The van der Waals surface area contributed by atoms with Gasteiger partial charge in [0, 0.05) is 33.8 Å². The first-order chi connectivity index (χ1) is 13.1. The van der Waals surface area contributed by atoms with Crippen LogP contribution in [0, 0.1) is 13.8 Å². The minimum Gasteiger partial charge on any atom is -0.451 e. The number of aryl methyl sites for hydroxylation is 2. The Bertz CT molecular complexity index is 1100. The highest BCUT2D eigenvalue weighted by atomic mass is 32.2. The predicted molar refractivity (Wildman–Crippen MR) is 105 cm³/mol. The summed E-state index contributed by atoms with van der Waals surface area (Å²) in [4.78, 5) is 17.2. The van der Waals surface area contributed by atoms with Crippen molar-refractivity contribution in [2.24, 2.45) is 0 Å². The quantitative estimate of drug-likeness (QED) is 0.473. The monoisotopic (exact) mass is 399 g/mol. The molecule has 1 N–H and O–H groups in total. The minimum absolute atomic E-state index is 0.259. The molecule has 3 aromatic heterocycles. The van der Waals surface area contributed by atoms with Crippen LogP contribution >= 0.6 is 23.1 Å². The lowest BCUT2D eigenvalue weighted by atomic mass is 10.1. The number of rotatable bonds is 6. The van der Waals surface area contributed by atoms with E-state index in [0.717, 1.165) is 26.7 Å². The highest BCUT2D eigenvalue weighted by Gasteiger charge is 2.21. The van der Waals surface area contributed by atoms with Gasteiger partial charge >= 0.3 is 0 Å². The van der Waals surface area contributed by atoms with Crippen LogP contribution in [0.15, 0.2) is 49.0 Å². The molecule has 0 fully saturated rings. The Balaban J connectivity index is 1.57. The Kier molecular flexibility index (Phi) is 5.00. The molecule has 0 aliphatic carbocycles. The van der Waals surface area contributed by atoms with Crippen LogP contribution in [0.1, 0.15) is 33.3 Å². The van der Waals surface area contributed by atoms with Crippen molar-refractivity contribution in [1.82, 2.24) is 15.5 Å². The zero-order valence-electron chi connectivity index (χ0n) is 14.8. The number of carbonyl (C=O) groups is 1. The lowest BCUT2D eigenvalue weighted by molar-refractivity contribution is 0.0920. The van der Waals surface area contributed by atoms with Crippen LogP contribution in [-0.4, -0.2) is 16.0 Å². The summed E-state index contributed by atoms with van der Waals surface area (Å²) < 4.78 is 12.0. The van der Waals surface area contributed by atoms with Gasteiger partial charge in [-0.05, 0) is 19.9 Å². The number of thiazole rings is 1. The van der Waals surface area contributed by atoms with Gasteiger partial charge in [0.2, 0.25) is 0 Å². The van der Waals surface area contributed by atoms with Crippen molar-refractivity contribution < 1.29 is 13.7 Å². The second-order valence-electron chi connectivity index (χ2n) is 6.07. The largest absolute Gasteiger partial charge is 0.451 e. The number of thioether (sulfide) groups is 1. The first-order valence-electron chi connectivity index (χ1n) is 8.36. The lowest BCUT2D eigenvalue weighted by Gasteiger charge is -2.03. The average molecular weight is 399 g/mol. The van der Waals surface area contributed by atoms with Crippen molar-refractivity contribution in [3.8, 4) is 0 Å². The van der Waals surface area contributed by atoms with Gasteiger partial charge in [-0.3, -0.25) is 4.79 Å². The summed E-state index contributed by atoms with van der Waals surface area (Å²) in [6.07, 6.45) is 0. The van der Waals surface area contributed by atoms with E-state index in [9.17, 15) is 4.79 Å². The summed E-state index contributed by atoms with van der Waals surface area (Å²) in [6, 6.07) is 9.47. The maximum atomic E-state index is 12.7. The molecule has 6 nitrogen and oxygen atoms in total. The molecule has 4 aromatic rings. The first-order valence-corrected chi connectivity index (χ1v) is 10.2. The fourth-order valence-electron chi connectivity index (χ4n) is 2.71. The molecule has 0 bridgehead atoms. The number of nitrogens with one attached hydrogen (secondary N) is 1. The molecule has 0 saturated carbocycles. The summed E-state index contributed by atoms with van der Waals surface area (Å²) in [5, 5.41) is 9.63. The highest BCUT2D eigenvalue weighted by molar-refractivity contribution is 8.00. The van der Waals surface area contributed by atoms with Crippen LogP contribution in [0.4, 0.5) is 0 Å². The summed E-state index contributed by atoms with van der Waals surface area (Å²) >= 11 is 3.20. The van der Waals surface area contributed by atoms with E-state index in [1.807, 2.05) is 43.5 Å². The predicted octanol–water partition coefficient (Wildman–Crippen LogP) is 4.72. The fourth-order valence-corrected chi connectivity index (χ4v) is 4.58. The maximum absolute atomic E-state index is 12.7. The fraction of sp³-hybridized carbons (Fsp3) is 0.211. The Morgan fingerprint density at radius 3 is 2.85 bits per heavy atom. The maximum Gasteiger partial charge on any atom is 0.287 e.